The molecule has 1 unspecified atom stereocenters. The Balaban J connectivity index is 1.98. The Morgan fingerprint density at radius 2 is 1.84 bits per heavy atom. The van der Waals surface area contributed by atoms with Gasteiger partial charge < -0.3 is 14.2 Å². The van der Waals surface area contributed by atoms with Crippen molar-refractivity contribution in [2.24, 2.45) is 5.92 Å². The molecule has 0 aliphatic heterocycles. The monoisotopic (exact) mass is 427 g/mol. The van der Waals surface area contributed by atoms with Crippen molar-refractivity contribution in [1.29, 1.82) is 0 Å². The van der Waals surface area contributed by atoms with Gasteiger partial charge in [-0.3, -0.25) is 10.1 Å². The van der Waals surface area contributed by atoms with Crippen LogP contribution < -0.4 is 14.2 Å². The molecule has 0 fully saturated rings. The number of carbonyl (C=O) groups excluding carboxylic acids is 1. The fourth-order valence-corrected chi connectivity index (χ4v) is 2.61. The van der Waals surface area contributed by atoms with E-state index in [4.69, 9.17) is 14.2 Å². The van der Waals surface area contributed by atoms with Gasteiger partial charge in [0.1, 0.15) is 11.5 Å². The minimum absolute atomic E-state index is 0.0742. The first-order valence-electron chi connectivity index (χ1n) is 10.4. The zero-order chi connectivity index (χ0) is 22.6. The fourth-order valence-electron chi connectivity index (χ4n) is 2.61. The average Bonchev–Trinajstić information content (AvgIpc) is 2.78. The largest absolute Gasteiger partial charge is 0.494 e. The Kier molecular flexibility index (Phi) is 9.55. The van der Waals surface area contributed by atoms with Crippen LogP contribution in [0.2, 0.25) is 0 Å². The lowest BCUT2D eigenvalue weighted by molar-refractivity contribution is -0.385. The number of carbonyl (C=O) groups is 1. The molecular weight excluding hydrogens is 398 g/mol. The molecule has 0 saturated heterocycles. The zero-order valence-corrected chi connectivity index (χ0v) is 18.0. The Morgan fingerprint density at radius 1 is 1.13 bits per heavy atom. The molecule has 7 heteroatoms. The first kappa shape index (κ1) is 23.9. The Hall–Kier alpha value is -3.35. The summed E-state index contributed by atoms with van der Waals surface area (Å²) in [5.41, 5.74) is -0.192. The standard InChI is InChI=1S/C24H29NO6/c1-4-6-7-8-15-29-20-10-12-21(13-11-20)31-24(26)19-9-14-23(22(16-19)25(27)28)30-17-18(3)5-2/h4,9-14,16,18H,1,5-8,15,17H2,2-3H3. The van der Waals surface area contributed by atoms with E-state index in [-0.39, 0.29) is 22.9 Å². The molecule has 0 spiro atoms. The minimum atomic E-state index is -0.685. The van der Waals surface area contributed by atoms with Gasteiger partial charge in [-0.15, -0.1) is 6.58 Å². The number of ether oxygens (including phenoxy) is 3. The average molecular weight is 427 g/mol. The molecular formula is C24H29NO6. The smallest absolute Gasteiger partial charge is 0.343 e. The van der Waals surface area contributed by atoms with Gasteiger partial charge in [-0.25, -0.2) is 4.79 Å². The lowest BCUT2D eigenvalue weighted by atomic mass is 10.1. The van der Waals surface area contributed by atoms with Crippen LogP contribution in [0, 0.1) is 16.0 Å². The highest BCUT2D eigenvalue weighted by atomic mass is 16.6. The van der Waals surface area contributed by atoms with Crippen molar-refractivity contribution in [2.75, 3.05) is 13.2 Å². The second-order valence-corrected chi connectivity index (χ2v) is 7.26. The summed E-state index contributed by atoms with van der Waals surface area (Å²) in [7, 11) is 0. The van der Waals surface area contributed by atoms with Crippen LogP contribution in [0.4, 0.5) is 5.69 Å². The van der Waals surface area contributed by atoms with Crippen molar-refractivity contribution >= 4 is 11.7 Å². The van der Waals surface area contributed by atoms with Gasteiger partial charge in [-0.1, -0.05) is 26.3 Å². The maximum atomic E-state index is 12.4. The van der Waals surface area contributed by atoms with Crippen LogP contribution in [0.25, 0.3) is 0 Å². The van der Waals surface area contributed by atoms with E-state index >= 15 is 0 Å². The van der Waals surface area contributed by atoms with Crippen molar-refractivity contribution in [3.8, 4) is 17.2 Å². The van der Waals surface area contributed by atoms with Crippen LogP contribution >= 0.6 is 0 Å². The molecule has 0 radical (unpaired) electrons. The molecule has 2 rings (SSSR count). The number of hydrogen-bond donors (Lipinski definition) is 0. The van der Waals surface area contributed by atoms with E-state index in [1.807, 2.05) is 19.9 Å². The van der Waals surface area contributed by atoms with E-state index in [0.29, 0.717) is 24.7 Å². The molecule has 0 aromatic heterocycles. The second kappa shape index (κ2) is 12.4. The second-order valence-electron chi connectivity index (χ2n) is 7.26. The summed E-state index contributed by atoms with van der Waals surface area (Å²) >= 11 is 0. The molecule has 0 heterocycles. The van der Waals surface area contributed by atoms with Crippen LogP contribution in [0.5, 0.6) is 17.2 Å². The predicted octanol–water partition coefficient (Wildman–Crippen LogP) is 5.97. The van der Waals surface area contributed by atoms with Crippen molar-refractivity contribution < 1.29 is 23.9 Å². The Bertz CT molecular complexity index is 878. The number of nitro groups is 1. The highest BCUT2D eigenvalue weighted by molar-refractivity contribution is 5.92. The van der Waals surface area contributed by atoms with E-state index in [9.17, 15) is 14.9 Å². The van der Waals surface area contributed by atoms with Crippen molar-refractivity contribution in [1.82, 2.24) is 0 Å². The van der Waals surface area contributed by atoms with Crippen molar-refractivity contribution in [3.63, 3.8) is 0 Å². The molecule has 0 bridgehead atoms. The Morgan fingerprint density at radius 3 is 2.48 bits per heavy atom. The molecule has 0 aliphatic rings. The van der Waals surface area contributed by atoms with Crippen LogP contribution in [-0.4, -0.2) is 24.1 Å². The summed E-state index contributed by atoms with van der Waals surface area (Å²) in [6.07, 6.45) is 5.69. The normalized spacial score (nSPS) is 11.4. The summed E-state index contributed by atoms with van der Waals surface area (Å²) in [6.45, 7) is 8.66. The zero-order valence-electron chi connectivity index (χ0n) is 18.0. The van der Waals surface area contributed by atoms with Gasteiger partial charge in [0.05, 0.1) is 23.7 Å². The molecule has 7 nitrogen and oxygen atoms in total. The van der Waals surface area contributed by atoms with Gasteiger partial charge in [0.15, 0.2) is 5.75 Å². The molecule has 0 amide bonds. The van der Waals surface area contributed by atoms with Crippen LogP contribution in [0.1, 0.15) is 49.9 Å². The van der Waals surface area contributed by atoms with Gasteiger partial charge in [-0.2, -0.15) is 0 Å². The van der Waals surface area contributed by atoms with Crippen molar-refractivity contribution in [3.05, 3.63) is 70.8 Å². The number of hydrogen-bond acceptors (Lipinski definition) is 6. The minimum Gasteiger partial charge on any atom is -0.494 e. The summed E-state index contributed by atoms with van der Waals surface area (Å²) in [5.74, 6) is 0.718. The number of nitrogens with zero attached hydrogens (tertiary/aromatic N) is 1. The van der Waals surface area contributed by atoms with Crippen LogP contribution in [-0.2, 0) is 0 Å². The summed E-state index contributed by atoms with van der Waals surface area (Å²) in [6, 6.07) is 10.7. The maximum Gasteiger partial charge on any atom is 0.343 e. The van der Waals surface area contributed by atoms with E-state index in [0.717, 1.165) is 25.7 Å². The van der Waals surface area contributed by atoms with E-state index in [2.05, 4.69) is 6.58 Å². The van der Waals surface area contributed by atoms with Crippen molar-refractivity contribution in [2.45, 2.75) is 39.5 Å². The number of allylic oxidation sites excluding steroid dienone is 1. The van der Waals surface area contributed by atoms with E-state index < -0.39 is 10.9 Å². The van der Waals surface area contributed by atoms with Gasteiger partial charge >= 0.3 is 11.7 Å². The van der Waals surface area contributed by atoms with Crippen LogP contribution in [0.3, 0.4) is 0 Å². The third-order valence-electron chi connectivity index (χ3n) is 4.72. The number of esters is 1. The third kappa shape index (κ3) is 7.77. The molecule has 0 aliphatic carbocycles. The van der Waals surface area contributed by atoms with Gasteiger partial charge in [0, 0.05) is 6.07 Å². The first-order valence-corrected chi connectivity index (χ1v) is 10.4. The van der Waals surface area contributed by atoms with Gasteiger partial charge in [0.2, 0.25) is 0 Å². The molecule has 31 heavy (non-hydrogen) atoms. The lowest BCUT2D eigenvalue weighted by Crippen LogP contribution is -2.11. The molecule has 2 aromatic carbocycles. The highest BCUT2D eigenvalue weighted by Gasteiger charge is 2.20. The molecule has 2 aromatic rings. The summed E-state index contributed by atoms with van der Waals surface area (Å²) in [5, 5.41) is 11.4. The first-order chi connectivity index (χ1) is 14.9. The number of nitro benzene ring substituents is 1. The quantitative estimate of drug-likeness (QED) is 0.0976. The topological polar surface area (TPSA) is 87.9 Å². The highest BCUT2D eigenvalue weighted by Crippen LogP contribution is 2.29. The van der Waals surface area contributed by atoms with Gasteiger partial charge in [-0.05, 0) is 61.6 Å². The summed E-state index contributed by atoms with van der Waals surface area (Å²) in [4.78, 5) is 23.3. The maximum absolute atomic E-state index is 12.4. The third-order valence-corrected chi connectivity index (χ3v) is 4.72. The SMILES string of the molecule is C=CCCCCOc1ccc(OC(=O)c2ccc(OCC(C)CC)c([N+](=O)[O-])c2)cc1. The molecule has 0 N–H and O–H groups in total. The number of rotatable bonds is 13. The van der Waals surface area contributed by atoms with E-state index in [1.165, 1.54) is 18.2 Å². The molecule has 166 valence electrons. The molecule has 0 saturated carbocycles. The number of benzene rings is 2. The lowest BCUT2D eigenvalue weighted by Gasteiger charge is -2.12. The summed E-state index contributed by atoms with van der Waals surface area (Å²) < 4.78 is 16.5. The Labute approximate surface area is 182 Å². The number of unbranched alkanes of at least 4 members (excludes halogenated alkanes) is 2. The molecule has 1 atom stereocenters. The predicted molar refractivity (Wildman–Crippen MR) is 119 cm³/mol. The van der Waals surface area contributed by atoms with Crippen LogP contribution in [0.15, 0.2) is 55.1 Å². The fraction of sp³-hybridized carbons (Fsp3) is 0.375. The van der Waals surface area contributed by atoms with Gasteiger partial charge in [0.25, 0.3) is 0 Å². The van der Waals surface area contributed by atoms with E-state index in [1.54, 1.807) is 24.3 Å².